The van der Waals surface area contributed by atoms with Gasteiger partial charge in [-0.3, -0.25) is 4.79 Å². The van der Waals surface area contributed by atoms with E-state index in [2.05, 4.69) is 34.7 Å². The fourth-order valence-corrected chi connectivity index (χ4v) is 1.76. The second kappa shape index (κ2) is 6.27. The fraction of sp³-hybridized carbons (Fsp3) is 0.429. The smallest absolute Gasteiger partial charge is 0.261 e. The van der Waals surface area contributed by atoms with Crippen molar-refractivity contribution >= 4 is 22.7 Å². The van der Waals surface area contributed by atoms with Crippen LogP contribution in [0.4, 0.5) is 0 Å². The van der Waals surface area contributed by atoms with Crippen LogP contribution in [0.2, 0.25) is 0 Å². The number of carbonyl (C=O) groups excluding carboxylic acids is 1. The molecular weight excluding hydrogens is 254 g/mol. The van der Waals surface area contributed by atoms with E-state index in [1.807, 2.05) is 31.2 Å². The molecule has 0 radical (unpaired) electrons. The van der Waals surface area contributed by atoms with Crippen LogP contribution in [0, 0.1) is 5.92 Å². The van der Waals surface area contributed by atoms with Crippen LogP contribution < -0.4 is 5.43 Å². The lowest BCUT2D eigenvalue weighted by molar-refractivity contribution is -0.121. The largest absolute Gasteiger partial charge is 0.271 e. The quantitative estimate of drug-likeness (QED) is 0.668. The number of hydrogen-bond acceptors (Lipinski definition) is 4. The van der Waals surface area contributed by atoms with Gasteiger partial charge < -0.3 is 0 Å². The van der Waals surface area contributed by atoms with Gasteiger partial charge in [0.1, 0.15) is 12.1 Å². The fourth-order valence-electron chi connectivity index (χ4n) is 1.76. The van der Waals surface area contributed by atoms with Gasteiger partial charge in [-0.2, -0.15) is 5.10 Å². The molecule has 20 heavy (non-hydrogen) atoms. The van der Waals surface area contributed by atoms with Crippen molar-refractivity contribution in [2.75, 3.05) is 0 Å². The molecule has 1 N–H and O–H groups in total. The molecule has 1 aromatic heterocycles. The summed E-state index contributed by atoms with van der Waals surface area (Å²) in [6.07, 6.45) is 0.999. The molecular formula is C14H19N5O. The summed E-state index contributed by atoms with van der Waals surface area (Å²) in [5, 5.41) is 12.1. The summed E-state index contributed by atoms with van der Waals surface area (Å²) in [6, 6.07) is 7.53. The van der Waals surface area contributed by atoms with E-state index in [0.29, 0.717) is 5.92 Å². The molecule has 0 unspecified atom stereocenters. The highest BCUT2D eigenvalue weighted by Crippen LogP contribution is 2.09. The lowest BCUT2D eigenvalue weighted by Crippen LogP contribution is -2.25. The maximum Gasteiger partial charge on any atom is 0.261 e. The third-order valence-corrected chi connectivity index (χ3v) is 3.40. The molecule has 6 heteroatoms. The second-order valence-electron chi connectivity index (χ2n) is 4.83. The zero-order valence-corrected chi connectivity index (χ0v) is 12.0. The van der Waals surface area contributed by atoms with Crippen LogP contribution in [0.3, 0.4) is 0 Å². The first-order valence-electron chi connectivity index (χ1n) is 6.73. The number of carbonyl (C=O) groups is 1. The van der Waals surface area contributed by atoms with E-state index in [1.165, 1.54) is 0 Å². The third kappa shape index (κ3) is 3.20. The molecule has 0 saturated carbocycles. The van der Waals surface area contributed by atoms with Gasteiger partial charge in [0.15, 0.2) is 0 Å². The van der Waals surface area contributed by atoms with Gasteiger partial charge in [-0.1, -0.05) is 31.2 Å². The van der Waals surface area contributed by atoms with Gasteiger partial charge in [-0.15, -0.1) is 5.10 Å². The Hall–Kier alpha value is -2.24. The Bertz CT molecular complexity index is 631. The molecule has 2 aromatic rings. The van der Waals surface area contributed by atoms with Crippen molar-refractivity contribution in [3.63, 3.8) is 0 Å². The molecule has 0 aliphatic heterocycles. The van der Waals surface area contributed by atoms with Gasteiger partial charge in [0.2, 0.25) is 0 Å². The van der Waals surface area contributed by atoms with Gasteiger partial charge in [-0.25, -0.2) is 10.1 Å². The summed E-state index contributed by atoms with van der Waals surface area (Å²) in [6.45, 7) is 6.19. The van der Waals surface area contributed by atoms with Crippen molar-refractivity contribution < 1.29 is 4.79 Å². The number of nitrogens with zero attached hydrogens (tertiary/aromatic N) is 4. The van der Waals surface area contributed by atoms with Crippen LogP contribution >= 0.6 is 0 Å². The van der Waals surface area contributed by atoms with Crippen molar-refractivity contribution in [2.45, 2.75) is 33.7 Å². The minimum atomic E-state index is -0.205. The summed E-state index contributed by atoms with van der Waals surface area (Å²) in [7, 11) is 0. The number of hydrazone groups is 1. The van der Waals surface area contributed by atoms with Crippen molar-refractivity contribution in [3.8, 4) is 0 Å². The summed E-state index contributed by atoms with van der Waals surface area (Å²) in [4.78, 5) is 11.9. The normalized spacial score (nSPS) is 13.4. The average molecular weight is 273 g/mol. The molecule has 0 saturated heterocycles. The number of amides is 1. The molecule has 0 fully saturated rings. The van der Waals surface area contributed by atoms with E-state index in [4.69, 9.17) is 0 Å². The van der Waals surface area contributed by atoms with E-state index in [0.717, 1.165) is 23.2 Å². The highest BCUT2D eigenvalue weighted by atomic mass is 16.2. The zero-order chi connectivity index (χ0) is 14.5. The molecule has 0 bridgehead atoms. The SMILES string of the molecule is CC[C@@H](C)/C(C)=N\NC(=O)Cn1nnc2ccccc21. The number of fused-ring (bicyclic) bond motifs is 1. The Balaban J connectivity index is 2.02. The summed E-state index contributed by atoms with van der Waals surface area (Å²) in [5.74, 6) is 0.158. The van der Waals surface area contributed by atoms with E-state index in [9.17, 15) is 4.79 Å². The van der Waals surface area contributed by atoms with Gasteiger partial charge in [-0.05, 0) is 31.4 Å². The van der Waals surface area contributed by atoms with E-state index >= 15 is 0 Å². The average Bonchev–Trinajstić information content (AvgIpc) is 2.87. The van der Waals surface area contributed by atoms with E-state index in [1.54, 1.807) is 4.68 Å². The Labute approximate surface area is 117 Å². The van der Waals surface area contributed by atoms with Gasteiger partial charge in [0, 0.05) is 5.71 Å². The highest BCUT2D eigenvalue weighted by molar-refractivity contribution is 5.86. The molecule has 6 nitrogen and oxygen atoms in total. The first-order chi connectivity index (χ1) is 9.61. The van der Waals surface area contributed by atoms with Crippen LogP contribution in [0.15, 0.2) is 29.4 Å². The Morgan fingerprint density at radius 1 is 1.45 bits per heavy atom. The zero-order valence-electron chi connectivity index (χ0n) is 12.0. The molecule has 1 heterocycles. The monoisotopic (exact) mass is 273 g/mol. The molecule has 1 atom stereocenters. The predicted molar refractivity (Wildman–Crippen MR) is 78.2 cm³/mol. The molecule has 0 aliphatic carbocycles. The van der Waals surface area contributed by atoms with Gasteiger partial charge >= 0.3 is 0 Å². The molecule has 1 amide bonds. The summed E-state index contributed by atoms with van der Waals surface area (Å²) < 4.78 is 1.57. The van der Waals surface area contributed by atoms with Crippen LogP contribution in [-0.2, 0) is 11.3 Å². The summed E-state index contributed by atoms with van der Waals surface area (Å²) in [5.41, 5.74) is 5.10. The van der Waals surface area contributed by atoms with Crippen molar-refractivity contribution in [1.82, 2.24) is 20.4 Å². The number of rotatable bonds is 5. The minimum absolute atomic E-state index is 0.109. The topological polar surface area (TPSA) is 72.2 Å². The van der Waals surface area contributed by atoms with Crippen molar-refractivity contribution in [2.24, 2.45) is 11.0 Å². The number of nitrogens with one attached hydrogen (secondary N) is 1. The summed E-state index contributed by atoms with van der Waals surface area (Å²) >= 11 is 0. The predicted octanol–water partition coefficient (Wildman–Crippen LogP) is 1.97. The second-order valence-corrected chi connectivity index (χ2v) is 4.83. The first-order valence-corrected chi connectivity index (χ1v) is 6.73. The standard InChI is InChI=1S/C14H19N5O/c1-4-10(2)11(3)15-17-14(20)9-19-13-8-6-5-7-12(13)16-18-19/h5-8,10H,4,9H2,1-3H3,(H,17,20)/b15-11-/t10-/m1/s1. The third-order valence-electron chi connectivity index (χ3n) is 3.40. The van der Waals surface area contributed by atoms with Crippen LogP contribution in [-0.4, -0.2) is 26.6 Å². The van der Waals surface area contributed by atoms with Crippen LogP contribution in [0.1, 0.15) is 27.2 Å². The number of aromatic nitrogens is 3. The maximum atomic E-state index is 11.9. The lowest BCUT2D eigenvalue weighted by Gasteiger charge is -2.08. The molecule has 0 spiro atoms. The number of para-hydroxylation sites is 1. The Kier molecular flexibility index (Phi) is 4.45. The Morgan fingerprint density at radius 2 is 2.20 bits per heavy atom. The number of hydrogen-bond donors (Lipinski definition) is 1. The van der Waals surface area contributed by atoms with E-state index < -0.39 is 0 Å². The van der Waals surface area contributed by atoms with Crippen molar-refractivity contribution in [3.05, 3.63) is 24.3 Å². The molecule has 2 rings (SSSR count). The maximum absolute atomic E-state index is 11.9. The lowest BCUT2D eigenvalue weighted by atomic mass is 10.1. The molecule has 1 aromatic carbocycles. The van der Waals surface area contributed by atoms with E-state index in [-0.39, 0.29) is 12.5 Å². The van der Waals surface area contributed by atoms with Gasteiger partial charge in [0.05, 0.1) is 5.52 Å². The molecule has 0 aliphatic rings. The van der Waals surface area contributed by atoms with Crippen LogP contribution in [0.5, 0.6) is 0 Å². The number of benzene rings is 1. The Morgan fingerprint density at radius 3 is 2.95 bits per heavy atom. The van der Waals surface area contributed by atoms with Gasteiger partial charge in [0.25, 0.3) is 5.91 Å². The molecule has 106 valence electrons. The minimum Gasteiger partial charge on any atom is -0.271 e. The highest BCUT2D eigenvalue weighted by Gasteiger charge is 2.08. The van der Waals surface area contributed by atoms with Crippen molar-refractivity contribution in [1.29, 1.82) is 0 Å². The van der Waals surface area contributed by atoms with Crippen LogP contribution in [0.25, 0.3) is 11.0 Å². The first kappa shape index (κ1) is 14.2.